The Labute approximate surface area is 235 Å². The molecular formula is C34H38NO2PSi. The van der Waals surface area contributed by atoms with Crippen LogP contribution < -0.4 is 15.9 Å². The number of aliphatic imine (C=N–C) groups is 1. The van der Waals surface area contributed by atoms with Crippen LogP contribution in [0.1, 0.15) is 38.0 Å². The lowest BCUT2D eigenvalue weighted by Gasteiger charge is -2.40. The molecule has 5 rings (SSSR count). The van der Waals surface area contributed by atoms with E-state index in [0.717, 1.165) is 17.0 Å². The monoisotopic (exact) mass is 551 g/mol. The molecule has 0 saturated heterocycles. The van der Waals surface area contributed by atoms with Gasteiger partial charge in [0.1, 0.15) is 12.6 Å². The van der Waals surface area contributed by atoms with Gasteiger partial charge in [-0.3, -0.25) is 0 Å². The molecule has 0 unspecified atom stereocenters. The minimum absolute atomic E-state index is 0.0971. The van der Waals surface area contributed by atoms with Gasteiger partial charge in [0, 0.05) is 5.56 Å². The van der Waals surface area contributed by atoms with Crippen molar-refractivity contribution < 1.29 is 9.16 Å². The molecule has 0 saturated carbocycles. The maximum atomic E-state index is 7.03. The van der Waals surface area contributed by atoms with Crippen molar-refractivity contribution in [2.24, 2.45) is 4.99 Å². The molecule has 200 valence electrons. The van der Waals surface area contributed by atoms with Crippen LogP contribution in [0.4, 0.5) is 0 Å². The van der Waals surface area contributed by atoms with Gasteiger partial charge in [0.2, 0.25) is 5.90 Å². The molecule has 5 heteroatoms. The van der Waals surface area contributed by atoms with E-state index < -0.39 is 16.2 Å². The van der Waals surface area contributed by atoms with Crippen LogP contribution in [0.25, 0.3) is 0 Å². The molecule has 39 heavy (non-hydrogen) atoms. The normalized spacial score (nSPS) is 16.6. The van der Waals surface area contributed by atoms with Gasteiger partial charge in [-0.15, -0.1) is 0 Å². The molecule has 0 radical (unpaired) electrons. The predicted octanol–water partition coefficient (Wildman–Crippen LogP) is 7.35. The Hall–Kier alpha value is -3.04. The van der Waals surface area contributed by atoms with Crippen molar-refractivity contribution in [3.8, 4) is 0 Å². The Morgan fingerprint density at radius 2 is 1.28 bits per heavy atom. The number of benzene rings is 4. The van der Waals surface area contributed by atoms with Gasteiger partial charge in [-0.25, -0.2) is 4.99 Å². The predicted molar refractivity (Wildman–Crippen MR) is 169 cm³/mol. The molecule has 0 amide bonds. The minimum Gasteiger partial charge on any atom is -0.475 e. The average Bonchev–Trinajstić information content (AvgIpc) is 3.43. The molecule has 4 aromatic rings. The lowest BCUT2D eigenvalue weighted by molar-refractivity contribution is 0.137. The highest BCUT2D eigenvalue weighted by molar-refractivity contribution is 7.80. The molecule has 1 aliphatic rings. The Bertz CT molecular complexity index is 1360. The van der Waals surface area contributed by atoms with E-state index in [1.807, 2.05) is 0 Å². The van der Waals surface area contributed by atoms with Gasteiger partial charge in [0.15, 0.2) is 8.32 Å². The first kappa shape index (κ1) is 27.5. The summed E-state index contributed by atoms with van der Waals surface area (Å²) in [6, 6.07) is 40.6. The fourth-order valence-electron chi connectivity index (χ4n) is 4.63. The Kier molecular flexibility index (Phi) is 8.18. The summed E-state index contributed by atoms with van der Waals surface area (Å²) < 4.78 is 13.4. The summed E-state index contributed by atoms with van der Waals surface area (Å²) in [5, 5.41) is 3.97. The fourth-order valence-corrected chi connectivity index (χ4v) is 8.35. The van der Waals surface area contributed by atoms with E-state index in [9.17, 15) is 0 Å². The zero-order valence-corrected chi connectivity index (χ0v) is 25.4. The SMILES string of the molecule is CC(C)(C)[Si](C)(C)O[C@@H](c1ccccc1)[C@@H]1COC(c2ccccc2P(c2ccccc2)c2ccccc2)=N1. The zero-order valence-electron chi connectivity index (χ0n) is 23.5. The number of nitrogens with zero attached hydrogens (tertiary/aromatic N) is 1. The molecule has 0 aromatic heterocycles. The maximum absolute atomic E-state index is 7.03. The topological polar surface area (TPSA) is 30.8 Å². The highest BCUT2D eigenvalue weighted by atomic mass is 31.1. The molecule has 4 aromatic carbocycles. The van der Waals surface area contributed by atoms with Crippen molar-refractivity contribution in [3.63, 3.8) is 0 Å². The van der Waals surface area contributed by atoms with E-state index in [4.69, 9.17) is 14.2 Å². The number of rotatable bonds is 8. The summed E-state index contributed by atoms with van der Waals surface area (Å²) >= 11 is 0. The first-order chi connectivity index (χ1) is 18.7. The molecule has 2 atom stereocenters. The molecule has 0 fully saturated rings. The highest BCUT2D eigenvalue weighted by Gasteiger charge is 2.42. The second kappa shape index (κ2) is 11.6. The van der Waals surface area contributed by atoms with Gasteiger partial charge in [0.05, 0.1) is 6.10 Å². The van der Waals surface area contributed by atoms with Gasteiger partial charge in [0.25, 0.3) is 0 Å². The van der Waals surface area contributed by atoms with Crippen LogP contribution in [0.5, 0.6) is 0 Å². The van der Waals surface area contributed by atoms with Crippen LogP contribution in [0.15, 0.2) is 120 Å². The van der Waals surface area contributed by atoms with Crippen molar-refractivity contribution >= 4 is 38.1 Å². The van der Waals surface area contributed by atoms with E-state index in [-0.39, 0.29) is 17.2 Å². The molecule has 1 aliphatic heterocycles. The van der Waals surface area contributed by atoms with Crippen LogP contribution in [-0.4, -0.2) is 26.9 Å². The Balaban J connectivity index is 1.55. The van der Waals surface area contributed by atoms with Crippen LogP contribution in [0.3, 0.4) is 0 Å². The molecule has 0 spiro atoms. The summed E-state index contributed by atoms with van der Waals surface area (Å²) in [5.41, 5.74) is 2.22. The van der Waals surface area contributed by atoms with Crippen LogP contribution >= 0.6 is 7.92 Å². The largest absolute Gasteiger partial charge is 0.475 e. The van der Waals surface area contributed by atoms with Crippen molar-refractivity contribution in [1.29, 1.82) is 0 Å². The molecule has 1 heterocycles. The van der Waals surface area contributed by atoms with E-state index in [2.05, 4.69) is 149 Å². The van der Waals surface area contributed by atoms with Crippen molar-refractivity contribution in [1.82, 2.24) is 0 Å². The molecule has 0 bridgehead atoms. The second-order valence-electron chi connectivity index (χ2n) is 11.5. The third kappa shape index (κ3) is 6.09. The van der Waals surface area contributed by atoms with E-state index in [1.54, 1.807) is 0 Å². The van der Waals surface area contributed by atoms with Gasteiger partial charge in [-0.05, 0) is 53.6 Å². The van der Waals surface area contributed by atoms with Crippen molar-refractivity contribution in [2.75, 3.05) is 6.61 Å². The Morgan fingerprint density at radius 3 is 1.85 bits per heavy atom. The van der Waals surface area contributed by atoms with Crippen molar-refractivity contribution in [2.45, 2.75) is 51.0 Å². The number of hydrogen-bond donors (Lipinski definition) is 0. The quantitative estimate of drug-likeness (QED) is 0.169. The minimum atomic E-state index is -2.06. The first-order valence-corrected chi connectivity index (χ1v) is 17.9. The van der Waals surface area contributed by atoms with Crippen LogP contribution in [0.2, 0.25) is 18.1 Å². The van der Waals surface area contributed by atoms with E-state index in [0.29, 0.717) is 6.61 Å². The summed E-state index contributed by atoms with van der Waals surface area (Å²) in [6.07, 6.45) is -0.151. The molecule has 0 N–H and O–H groups in total. The first-order valence-electron chi connectivity index (χ1n) is 13.7. The van der Waals surface area contributed by atoms with Gasteiger partial charge in [-0.2, -0.15) is 0 Å². The lowest BCUT2D eigenvalue weighted by Crippen LogP contribution is -2.44. The summed E-state index contributed by atoms with van der Waals surface area (Å²) in [4.78, 5) is 5.23. The third-order valence-electron chi connectivity index (χ3n) is 7.78. The van der Waals surface area contributed by atoms with E-state index >= 15 is 0 Å². The lowest BCUT2D eigenvalue weighted by atomic mass is 10.0. The maximum Gasteiger partial charge on any atom is 0.217 e. The van der Waals surface area contributed by atoms with Crippen LogP contribution in [-0.2, 0) is 9.16 Å². The van der Waals surface area contributed by atoms with Crippen molar-refractivity contribution in [3.05, 3.63) is 126 Å². The summed E-state index contributed by atoms with van der Waals surface area (Å²) in [7, 11) is -2.84. The zero-order chi connectivity index (χ0) is 27.5. The van der Waals surface area contributed by atoms with Crippen LogP contribution in [0, 0.1) is 0 Å². The van der Waals surface area contributed by atoms with Gasteiger partial charge < -0.3 is 9.16 Å². The standard InChI is InChI=1S/C34H38NO2PSi/c1-34(2,3)39(4,5)37-32(26-17-9-6-10-18-26)30-25-36-33(35-30)29-23-15-16-24-31(29)38(27-19-11-7-12-20-27)28-21-13-8-14-22-28/h6-24,30,32H,25H2,1-5H3/t30-,32-/m0/s1. The molecule has 3 nitrogen and oxygen atoms in total. The number of hydrogen-bond acceptors (Lipinski definition) is 3. The molecule has 0 aliphatic carbocycles. The highest BCUT2D eigenvalue weighted by Crippen LogP contribution is 2.42. The average molecular weight is 552 g/mol. The van der Waals surface area contributed by atoms with Gasteiger partial charge in [-0.1, -0.05) is 130 Å². The smallest absolute Gasteiger partial charge is 0.217 e. The summed E-state index contributed by atoms with van der Waals surface area (Å²) in [5.74, 6) is 0.717. The Morgan fingerprint density at radius 1 is 0.769 bits per heavy atom. The van der Waals surface area contributed by atoms with Gasteiger partial charge >= 0.3 is 0 Å². The number of ether oxygens (including phenoxy) is 1. The molecular weight excluding hydrogens is 513 g/mol. The second-order valence-corrected chi connectivity index (χ2v) is 18.5. The van der Waals surface area contributed by atoms with E-state index in [1.165, 1.54) is 15.9 Å². The third-order valence-corrected chi connectivity index (χ3v) is 14.7. The summed E-state index contributed by atoms with van der Waals surface area (Å²) in [6.45, 7) is 12.0. The fraction of sp³-hybridized carbons (Fsp3) is 0.265.